The summed E-state index contributed by atoms with van der Waals surface area (Å²) in [5.41, 5.74) is 1.08. The first-order valence-corrected chi connectivity index (χ1v) is 13.5. The summed E-state index contributed by atoms with van der Waals surface area (Å²) in [4.78, 5) is 74.3. The summed E-state index contributed by atoms with van der Waals surface area (Å²) in [5.74, 6) is -2.18. The van der Waals surface area contributed by atoms with Gasteiger partial charge in [0.25, 0.3) is 11.8 Å². The molecule has 0 bridgehead atoms. The zero-order valence-electron chi connectivity index (χ0n) is 22.7. The van der Waals surface area contributed by atoms with E-state index in [-0.39, 0.29) is 47.9 Å². The first kappa shape index (κ1) is 29.4. The van der Waals surface area contributed by atoms with Crippen LogP contribution in [0.2, 0.25) is 0 Å². The number of anilines is 2. The van der Waals surface area contributed by atoms with Gasteiger partial charge in [-0.2, -0.15) is 0 Å². The van der Waals surface area contributed by atoms with Crippen LogP contribution in [-0.2, 0) is 23.9 Å². The number of hydrogen-bond donors (Lipinski definition) is 3. The molecule has 216 valence electrons. The summed E-state index contributed by atoms with van der Waals surface area (Å²) in [5, 5.41) is 7.57. The van der Waals surface area contributed by atoms with E-state index >= 15 is 0 Å². The maximum atomic E-state index is 13.1. The maximum absolute atomic E-state index is 13.1. The standard InChI is InChI=1S/C29H32N4O8/c1-18(34)30-19-9-11-20(12-10-19)41-17-16-40-15-4-2-3-8-24(35)31-22-7-5-6-21-26(22)29(39)33(28(21)38)23-13-14-25(36)32-27(23)37/h5-7,9-12,23H,2-4,8,13-17H2,1H3,(H,30,34)(H,31,35)(H,32,36,37). The molecule has 2 heterocycles. The molecule has 12 heteroatoms. The van der Waals surface area contributed by atoms with Gasteiger partial charge in [-0.25, -0.2) is 0 Å². The van der Waals surface area contributed by atoms with Gasteiger partial charge in [-0.15, -0.1) is 0 Å². The molecule has 3 N–H and O–H groups in total. The second-order valence-electron chi connectivity index (χ2n) is 9.70. The number of unbranched alkanes of at least 4 members (excludes halogenated alkanes) is 2. The highest BCUT2D eigenvalue weighted by atomic mass is 16.5. The zero-order valence-corrected chi connectivity index (χ0v) is 22.7. The summed E-state index contributed by atoms with van der Waals surface area (Å²) < 4.78 is 11.2. The third-order valence-corrected chi connectivity index (χ3v) is 6.61. The number of benzene rings is 2. The van der Waals surface area contributed by atoms with Gasteiger partial charge in [0.2, 0.25) is 23.6 Å². The van der Waals surface area contributed by atoms with Gasteiger partial charge in [0.1, 0.15) is 18.4 Å². The number of carbonyl (C=O) groups excluding carboxylic acids is 6. The van der Waals surface area contributed by atoms with Crippen LogP contribution in [0.15, 0.2) is 42.5 Å². The molecule has 0 aromatic heterocycles. The van der Waals surface area contributed by atoms with Crippen molar-refractivity contribution in [3.63, 3.8) is 0 Å². The second kappa shape index (κ2) is 13.7. The van der Waals surface area contributed by atoms with Crippen molar-refractivity contribution < 1.29 is 38.2 Å². The van der Waals surface area contributed by atoms with E-state index in [9.17, 15) is 28.8 Å². The van der Waals surface area contributed by atoms with Gasteiger partial charge in [-0.1, -0.05) is 12.5 Å². The van der Waals surface area contributed by atoms with E-state index < -0.39 is 29.7 Å². The molecule has 4 rings (SSSR count). The van der Waals surface area contributed by atoms with Crippen molar-refractivity contribution in [2.24, 2.45) is 0 Å². The van der Waals surface area contributed by atoms with Crippen molar-refractivity contribution in [2.75, 3.05) is 30.5 Å². The molecular weight excluding hydrogens is 532 g/mol. The molecule has 1 unspecified atom stereocenters. The predicted octanol–water partition coefficient (Wildman–Crippen LogP) is 2.64. The third-order valence-electron chi connectivity index (χ3n) is 6.61. The lowest BCUT2D eigenvalue weighted by Crippen LogP contribution is -2.54. The topological polar surface area (TPSA) is 160 Å². The Morgan fingerprint density at radius 1 is 0.927 bits per heavy atom. The lowest BCUT2D eigenvalue weighted by atomic mass is 10.0. The van der Waals surface area contributed by atoms with Crippen LogP contribution in [0.4, 0.5) is 11.4 Å². The van der Waals surface area contributed by atoms with Crippen molar-refractivity contribution >= 4 is 46.8 Å². The normalized spacial score (nSPS) is 16.3. The van der Waals surface area contributed by atoms with Crippen LogP contribution in [-0.4, -0.2) is 66.2 Å². The number of fused-ring (bicyclic) bond motifs is 1. The number of imide groups is 2. The van der Waals surface area contributed by atoms with Crippen LogP contribution in [0.3, 0.4) is 0 Å². The van der Waals surface area contributed by atoms with Crippen molar-refractivity contribution in [1.82, 2.24) is 10.2 Å². The van der Waals surface area contributed by atoms with Crippen LogP contribution >= 0.6 is 0 Å². The van der Waals surface area contributed by atoms with E-state index in [1.54, 1.807) is 36.4 Å². The molecule has 0 saturated carbocycles. The molecule has 2 aromatic rings. The number of rotatable bonds is 13. The molecule has 1 fully saturated rings. The van der Waals surface area contributed by atoms with Gasteiger partial charge in [-0.3, -0.25) is 39.0 Å². The van der Waals surface area contributed by atoms with E-state index in [4.69, 9.17) is 9.47 Å². The van der Waals surface area contributed by atoms with Gasteiger partial charge in [0.05, 0.1) is 23.4 Å². The fourth-order valence-corrected chi connectivity index (χ4v) is 4.66. The average molecular weight is 565 g/mol. The second-order valence-corrected chi connectivity index (χ2v) is 9.70. The summed E-state index contributed by atoms with van der Waals surface area (Å²) in [6.07, 6.45) is 2.43. The molecule has 0 spiro atoms. The van der Waals surface area contributed by atoms with E-state index in [0.717, 1.165) is 17.7 Å². The highest BCUT2D eigenvalue weighted by Crippen LogP contribution is 2.32. The van der Waals surface area contributed by atoms with Crippen LogP contribution in [0.5, 0.6) is 5.75 Å². The fourth-order valence-electron chi connectivity index (χ4n) is 4.66. The molecule has 12 nitrogen and oxygen atoms in total. The Morgan fingerprint density at radius 2 is 1.71 bits per heavy atom. The molecule has 6 amide bonds. The molecule has 1 saturated heterocycles. The Bertz CT molecular complexity index is 1340. The minimum absolute atomic E-state index is 0.0305. The van der Waals surface area contributed by atoms with Gasteiger partial charge in [0, 0.05) is 32.1 Å². The number of piperidine rings is 1. The summed E-state index contributed by atoms with van der Waals surface area (Å²) in [6, 6.07) is 10.6. The van der Waals surface area contributed by atoms with Crippen molar-refractivity contribution in [1.29, 1.82) is 0 Å². The quantitative estimate of drug-likeness (QED) is 0.247. The van der Waals surface area contributed by atoms with Crippen molar-refractivity contribution in [2.45, 2.75) is 51.5 Å². The van der Waals surface area contributed by atoms with Crippen LogP contribution in [0.25, 0.3) is 0 Å². The molecule has 0 aliphatic carbocycles. The number of hydrogen-bond acceptors (Lipinski definition) is 8. The number of nitrogens with one attached hydrogen (secondary N) is 3. The van der Waals surface area contributed by atoms with Crippen LogP contribution in [0.1, 0.15) is 66.2 Å². The average Bonchev–Trinajstić information content (AvgIpc) is 3.18. The Hall–Kier alpha value is -4.58. The van der Waals surface area contributed by atoms with Crippen LogP contribution in [0, 0.1) is 0 Å². The molecular formula is C29H32N4O8. The molecule has 0 radical (unpaired) electrons. The van der Waals surface area contributed by atoms with Gasteiger partial charge >= 0.3 is 0 Å². The van der Waals surface area contributed by atoms with E-state index in [1.165, 1.54) is 13.0 Å². The molecule has 2 aliphatic heterocycles. The fraction of sp³-hybridized carbons (Fsp3) is 0.379. The summed E-state index contributed by atoms with van der Waals surface area (Å²) in [6.45, 7) is 2.76. The molecule has 2 aromatic carbocycles. The van der Waals surface area contributed by atoms with Gasteiger partial charge in [-0.05, 0) is 55.7 Å². The van der Waals surface area contributed by atoms with Crippen LogP contribution < -0.4 is 20.7 Å². The lowest BCUT2D eigenvalue weighted by Gasteiger charge is -2.27. The van der Waals surface area contributed by atoms with Crippen molar-refractivity contribution in [3.05, 3.63) is 53.6 Å². The first-order chi connectivity index (χ1) is 19.7. The third kappa shape index (κ3) is 7.54. The van der Waals surface area contributed by atoms with Gasteiger partial charge < -0.3 is 20.1 Å². The summed E-state index contributed by atoms with van der Waals surface area (Å²) in [7, 11) is 0. The largest absolute Gasteiger partial charge is 0.491 e. The number of carbonyl (C=O) groups is 6. The number of ether oxygens (including phenoxy) is 2. The minimum Gasteiger partial charge on any atom is -0.491 e. The Morgan fingerprint density at radius 3 is 2.44 bits per heavy atom. The van der Waals surface area contributed by atoms with E-state index in [2.05, 4.69) is 16.0 Å². The predicted molar refractivity (Wildman–Crippen MR) is 147 cm³/mol. The highest BCUT2D eigenvalue weighted by molar-refractivity contribution is 6.26. The number of amides is 6. The Balaban J connectivity index is 1.14. The monoisotopic (exact) mass is 564 g/mol. The Labute approximate surface area is 236 Å². The SMILES string of the molecule is CC(=O)Nc1ccc(OCCOCCCCCC(=O)Nc2cccc3c2C(=O)N(C2CCC(=O)NC2=O)C3=O)cc1. The smallest absolute Gasteiger partial charge is 0.264 e. The molecule has 2 aliphatic rings. The maximum Gasteiger partial charge on any atom is 0.264 e. The van der Waals surface area contributed by atoms with E-state index in [1.807, 2.05) is 0 Å². The first-order valence-electron chi connectivity index (χ1n) is 13.5. The zero-order chi connectivity index (χ0) is 29.4. The lowest BCUT2D eigenvalue weighted by molar-refractivity contribution is -0.136. The molecule has 41 heavy (non-hydrogen) atoms. The van der Waals surface area contributed by atoms with Gasteiger partial charge in [0.15, 0.2) is 0 Å². The number of nitrogens with zero attached hydrogens (tertiary/aromatic N) is 1. The Kier molecular flexibility index (Phi) is 9.80. The van der Waals surface area contributed by atoms with Crippen molar-refractivity contribution in [3.8, 4) is 5.75 Å². The minimum atomic E-state index is -1.07. The van der Waals surface area contributed by atoms with E-state index in [0.29, 0.717) is 37.7 Å². The molecule has 1 atom stereocenters. The highest BCUT2D eigenvalue weighted by Gasteiger charge is 2.45. The summed E-state index contributed by atoms with van der Waals surface area (Å²) >= 11 is 0.